The molecule has 1 fully saturated rings. The molecule has 0 unspecified atom stereocenters. The van der Waals surface area contributed by atoms with Crippen LogP contribution in [0, 0.1) is 6.92 Å². The molecule has 0 spiro atoms. The van der Waals surface area contributed by atoms with E-state index < -0.39 is 0 Å². The molecule has 0 amide bonds. The molecule has 1 aliphatic rings. The molecule has 0 aliphatic carbocycles. The first-order valence-corrected chi connectivity index (χ1v) is 10.7. The minimum absolute atomic E-state index is 0.713. The van der Waals surface area contributed by atoms with Crippen molar-refractivity contribution < 1.29 is 4.74 Å². The summed E-state index contributed by atoms with van der Waals surface area (Å²) < 4.78 is 9.71. The van der Waals surface area contributed by atoms with Crippen LogP contribution in [0.2, 0.25) is 0 Å². The molecule has 5 rings (SSSR count). The number of hydrogen-bond acceptors (Lipinski definition) is 6. The van der Waals surface area contributed by atoms with Gasteiger partial charge >= 0.3 is 0 Å². The quantitative estimate of drug-likeness (QED) is 0.474. The highest BCUT2D eigenvalue weighted by Crippen LogP contribution is 2.29. The fraction of sp³-hybridized carbons (Fsp3) is 0.286. The fourth-order valence-corrected chi connectivity index (χ4v) is 4.34. The zero-order valence-corrected chi connectivity index (χ0v) is 17.0. The summed E-state index contributed by atoms with van der Waals surface area (Å²) in [4.78, 5) is 6.94. The Balaban J connectivity index is 1.47. The maximum absolute atomic E-state index is 5.51. The highest BCUT2D eigenvalue weighted by Gasteiger charge is 2.22. The van der Waals surface area contributed by atoms with Crippen molar-refractivity contribution >= 4 is 23.4 Å². The third-order valence-electron chi connectivity index (χ3n) is 4.93. The minimum Gasteiger partial charge on any atom is -0.378 e. The van der Waals surface area contributed by atoms with Gasteiger partial charge in [-0.05, 0) is 36.8 Å². The first kappa shape index (κ1) is 18.2. The van der Waals surface area contributed by atoms with Crippen molar-refractivity contribution in [1.29, 1.82) is 0 Å². The Morgan fingerprint density at radius 3 is 2.79 bits per heavy atom. The molecule has 8 heteroatoms. The summed E-state index contributed by atoms with van der Waals surface area (Å²) in [6.07, 6.45) is 4.08. The number of ether oxygens (including phenoxy) is 1. The Hall–Kier alpha value is -2.84. The Kier molecular flexibility index (Phi) is 4.95. The van der Waals surface area contributed by atoms with Crippen LogP contribution in [0.3, 0.4) is 0 Å². The van der Waals surface area contributed by atoms with E-state index in [-0.39, 0.29) is 0 Å². The molecule has 1 saturated heterocycles. The Morgan fingerprint density at radius 1 is 1.07 bits per heavy atom. The Bertz CT molecular complexity index is 1100. The molecule has 3 aromatic heterocycles. The van der Waals surface area contributed by atoms with Crippen molar-refractivity contribution in [1.82, 2.24) is 24.1 Å². The number of aromatic nitrogens is 5. The lowest BCUT2D eigenvalue weighted by atomic mass is 10.2. The number of nitrogens with zero attached hydrogens (tertiary/aromatic N) is 6. The van der Waals surface area contributed by atoms with E-state index in [0.717, 1.165) is 47.0 Å². The van der Waals surface area contributed by atoms with Crippen molar-refractivity contribution in [3.8, 4) is 5.69 Å². The van der Waals surface area contributed by atoms with Crippen LogP contribution in [0.1, 0.15) is 11.3 Å². The number of aryl methyl sites for hydroxylation is 1. The summed E-state index contributed by atoms with van der Waals surface area (Å²) >= 11 is 1.66. The topological polar surface area (TPSA) is 60.5 Å². The summed E-state index contributed by atoms with van der Waals surface area (Å²) in [5, 5.41) is 9.93. The normalized spacial score (nSPS) is 14.6. The SMILES string of the molecule is Cc1cccc(-n2c(SCc3cn4ccccc4n3)nnc2N2CCOCC2)c1. The molecule has 148 valence electrons. The number of thioether (sulfide) groups is 1. The number of fused-ring (bicyclic) bond motifs is 1. The summed E-state index contributed by atoms with van der Waals surface area (Å²) in [5.41, 5.74) is 4.26. The maximum atomic E-state index is 5.51. The lowest BCUT2D eigenvalue weighted by molar-refractivity contribution is 0.122. The summed E-state index contributed by atoms with van der Waals surface area (Å²) in [6, 6.07) is 14.5. The van der Waals surface area contributed by atoms with Crippen LogP contribution in [0.25, 0.3) is 11.3 Å². The number of hydrogen-bond donors (Lipinski definition) is 0. The van der Waals surface area contributed by atoms with Gasteiger partial charge in [-0.2, -0.15) is 0 Å². The lowest BCUT2D eigenvalue weighted by Crippen LogP contribution is -2.37. The van der Waals surface area contributed by atoms with E-state index in [1.54, 1.807) is 11.8 Å². The lowest BCUT2D eigenvalue weighted by Gasteiger charge is -2.28. The summed E-state index contributed by atoms with van der Waals surface area (Å²) in [7, 11) is 0. The minimum atomic E-state index is 0.713. The van der Waals surface area contributed by atoms with E-state index in [9.17, 15) is 0 Å². The van der Waals surface area contributed by atoms with Crippen molar-refractivity contribution in [3.05, 3.63) is 66.1 Å². The predicted octanol–water partition coefficient (Wildman–Crippen LogP) is 3.35. The van der Waals surface area contributed by atoms with Gasteiger partial charge in [0.25, 0.3) is 0 Å². The van der Waals surface area contributed by atoms with E-state index in [2.05, 4.69) is 57.1 Å². The molecule has 0 N–H and O–H groups in total. The van der Waals surface area contributed by atoms with Crippen molar-refractivity contribution in [2.45, 2.75) is 17.8 Å². The Labute approximate surface area is 173 Å². The first-order chi connectivity index (χ1) is 14.3. The van der Waals surface area contributed by atoms with E-state index in [1.165, 1.54) is 5.56 Å². The monoisotopic (exact) mass is 406 g/mol. The zero-order chi connectivity index (χ0) is 19.6. The van der Waals surface area contributed by atoms with Gasteiger partial charge in [-0.25, -0.2) is 4.98 Å². The van der Waals surface area contributed by atoms with Crippen LogP contribution in [0.5, 0.6) is 0 Å². The van der Waals surface area contributed by atoms with Gasteiger partial charge in [0.05, 0.1) is 24.6 Å². The molecule has 0 saturated carbocycles. The third kappa shape index (κ3) is 3.73. The number of benzene rings is 1. The van der Waals surface area contributed by atoms with E-state index >= 15 is 0 Å². The van der Waals surface area contributed by atoms with Crippen LogP contribution in [0.15, 0.2) is 60.0 Å². The molecule has 1 aromatic carbocycles. The van der Waals surface area contributed by atoms with Gasteiger partial charge in [-0.3, -0.25) is 4.57 Å². The van der Waals surface area contributed by atoms with Crippen LogP contribution >= 0.6 is 11.8 Å². The van der Waals surface area contributed by atoms with Crippen LogP contribution < -0.4 is 4.90 Å². The van der Waals surface area contributed by atoms with Crippen LogP contribution in [-0.4, -0.2) is 50.5 Å². The smallest absolute Gasteiger partial charge is 0.232 e. The van der Waals surface area contributed by atoms with Crippen LogP contribution in [0.4, 0.5) is 5.95 Å². The molecule has 1 aliphatic heterocycles. The Morgan fingerprint density at radius 2 is 1.97 bits per heavy atom. The molecule has 4 aromatic rings. The van der Waals surface area contributed by atoms with Gasteiger partial charge in [0, 0.05) is 31.2 Å². The number of pyridine rings is 1. The molecular weight excluding hydrogens is 384 g/mol. The van der Waals surface area contributed by atoms with Gasteiger partial charge in [-0.15, -0.1) is 10.2 Å². The second-order valence-corrected chi connectivity index (χ2v) is 7.99. The molecule has 29 heavy (non-hydrogen) atoms. The number of morpholine rings is 1. The molecule has 0 radical (unpaired) electrons. The molecule has 4 heterocycles. The number of rotatable bonds is 5. The molecule has 7 nitrogen and oxygen atoms in total. The van der Waals surface area contributed by atoms with E-state index in [1.807, 2.05) is 28.8 Å². The van der Waals surface area contributed by atoms with Gasteiger partial charge in [-0.1, -0.05) is 30.0 Å². The maximum Gasteiger partial charge on any atom is 0.232 e. The second kappa shape index (κ2) is 7.88. The summed E-state index contributed by atoms with van der Waals surface area (Å²) in [5.74, 6) is 1.60. The fourth-order valence-electron chi connectivity index (χ4n) is 3.51. The predicted molar refractivity (Wildman–Crippen MR) is 114 cm³/mol. The van der Waals surface area contributed by atoms with Gasteiger partial charge < -0.3 is 14.0 Å². The number of anilines is 1. The molecular formula is C21H22N6OS. The van der Waals surface area contributed by atoms with E-state index in [4.69, 9.17) is 9.72 Å². The average molecular weight is 407 g/mol. The zero-order valence-electron chi connectivity index (χ0n) is 16.2. The second-order valence-electron chi connectivity index (χ2n) is 7.04. The van der Waals surface area contributed by atoms with Gasteiger partial charge in [0.1, 0.15) is 5.65 Å². The largest absolute Gasteiger partial charge is 0.378 e. The highest BCUT2D eigenvalue weighted by molar-refractivity contribution is 7.98. The van der Waals surface area contributed by atoms with Crippen molar-refractivity contribution in [3.63, 3.8) is 0 Å². The standard InChI is InChI=1S/C21H22N6OS/c1-16-5-4-6-18(13-16)27-20(25-9-11-28-12-10-25)23-24-21(27)29-15-17-14-26-8-3-2-7-19(26)22-17/h2-8,13-14H,9-12,15H2,1H3. The molecule has 0 bridgehead atoms. The van der Waals surface area contributed by atoms with E-state index in [0.29, 0.717) is 13.2 Å². The number of imidazole rings is 1. The third-order valence-corrected chi connectivity index (χ3v) is 5.90. The highest BCUT2D eigenvalue weighted by atomic mass is 32.2. The van der Waals surface area contributed by atoms with Crippen molar-refractivity contribution in [2.24, 2.45) is 0 Å². The average Bonchev–Trinajstić information content (AvgIpc) is 3.36. The van der Waals surface area contributed by atoms with Crippen molar-refractivity contribution in [2.75, 3.05) is 31.2 Å². The summed E-state index contributed by atoms with van der Waals surface area (Å²) in [6.45, 7) is 5.17. The van der Waals surface area contributed by atoms with Gasteiger partial charge in [0.2, 0.25) is 5.95 Å². The van der Waals surface area contributed by atoms with Crippen LogP contribution in [-0.2, 0) is 10.5 Å². The van der Waals surface area contributed by atoms with Gasteiger partial charge in [0.15, 0.2) is 5.16 Å². The molecule has 0 atom stereocenters. The first-order valence-electron chi connectivity index (χ1n) is 9.68.